The Morgan fingerprint density at radius 2 is 1.94 bits per heavy atom. The monoisotopic (exact) mass is 240 g/mol. The van der Waals surface area contributed by atoms with E-state index >= 15 is 0 Å². The molecular formula is C10H16N4O3. The maximum Gasteiger partial charge on any atom is 0.274 e. The van der Waals surface area contributed by atoms with Gasteiger partial charge in [0.2, 0.25) is 0 Å². The molecular weight excluding hydrogens is 224 g/mol. The summed E-state index contributed by atoms with van der Waals surface area (Å²) in [5.41, 5.74) is 0.186. The molecule has 1 heterocycles. The molecule has 0 aliphatic rings. The maximum atomic E-state index is 11.9. The second-order valence-electron chi connectivity index (χ2n) is 3.28. The van der Waals surface area contributed by atoms with Gasteiger partial charge >= 0.3 is 0 Å². The van der Waals surface area contributed by atoms with Crippen molar-refractivity contribution in [2.75, 3.05) is 38.7 Å². The van der Waals surface area contributed by atoms with E-state index in [1.165, 1.54) is 17.3 Å². The number of amides is 1. The van der Waals surface area contributed by atoms with Crippen LogP contribution >= 0.6 is 0 Å². The van der Waals surface area contributed by atoms with E-state index in [1.807, 2.05) is 0 Å². The molecule has 17 heavy (non-hydrogen) atoms. The molecule has 0 radical (unpaired) electrons. The van der Waals surface area contributed by atoms with Gasteiger partial charge in [0.1, 0.15) is 11.5 Å². The molecule has 0 atom stereocenters. The summed E-state index contributed by atoms with van der Waals surface area (Å²) in [6.07, 6.45) is 2.80. The highest BCUT2D eigenvalue weighted by molar-refractivity contribution is 5.92. The van der Waals surface area contributed by atoms with Gasteiger partial charge in [0.15, 0.2) is 0 Å². The summed E-state index contributed by atoms with van der Waals surface area (Å²) in [5.74, 6) is 0.209. The van der Waals surface area contributed by atoms with Gasteiger partial charge in [0.05, 0.1) is 25.6 Å². The lowest BCUT2D eigenvalue weighted by Gasteiger charge is -2.19. The quantitative estimate of drug-likeness (QED) is 0.586. The van der Waals surface area contributed by atoms with Crippen LogP contribution in [0, 0.1) is 0 Å². The molecule has 1 amide bonds. The number of carbonyl (C=O) groups is 1. The third kappa shape index (κ3) is 3.65. The number of hydrogen-bond donors (Lipinski definition) is 3. The third-order valence-corrected chi connectivity index (χ3v) is 2.15. The van der Waals surface area contributed by atoms with Crippen LogP contribution in [0.4, 0.5) is 5.82 Å². The van der Waals surface area contributed by atoms with E-state index in [0.717, 1.165) is 0 Å². The Hall–Kier alpha value is -1.73. The Balaban J connectivity index is 2.77. The predicted molar refractivity (Wildman–Crippen MR) is 61.7 cm³/mol. The highest BCUT2D eigenvalue weighted by atomic mass is 16.3. The molecule has 1 rings (SSSR count). The zero-order chi connectivity index (χ0) is 12.7. The Labute approximate surface area is 99.1 Å². The lowest BCUT2D eigenvalue weighted by Crippen LogP contribution is -2.36. The minimum absolute atomic E-state index is 0.159. The molecule has 94 valence electrons. The summed E-state index contributed by atoms with van der Waals surface area (Å²) in [6.45, 7) is 0.00520. The maximum absolute atomic E-state index is 11.9. The Kier molecular flexibility index (Phi) is 5.31. The average molecular weight is 240 g/mol. The van der Waals surface area contributed by atoms with Crippen molar-refractivity contribution in [1.29, 1.82) is 0 Å². The van der Waals surface area contributed by atoms with E-state index in [-0.39, 0.29) is 37.9 Å². The first-order valence-electron chi connectivity index (χ1n) is 5.23. The molecule has 0 fully saturated rings. The highest BCUT2D eigenvalue weighted by Gasteiger charge is 2.16. The van der Waals surface area contributed by atoms with Crippen molar-refractivity contribution in [3.05, 3.63) is 18.1 Å². The molecule has 0 spiro atoms. The van der Waals surface area contributed by atoms with Crippen LogP contribution in [0.5, 0.6) is 0 Å². The van der Waals surface area contributed by atoms with Crippen LogP contribution in [0.15, 0.2) is 12.4 Å². The Morgan fingerprint density at radius 3 is 2.35 bits per heavy atom. The zero-order valence-electron chi connectivity index (χ0n) is 9.63. The van der Waals surface area contributed by atoms with E-state index in [1.54, 1.807) is 7.05 Å². The van der Waals surface area contributed by atoms with E-state index < -0.39 is 0 Å². The number of carbonyl (C=O) groups excluding carboxylic acids is 1. The second-order valence-corrected chi connectivity index (χ2v) is 3.28. The molecule has 1 aromatic heterocycles. The van der Waals surface area contributed by atoms with Crippen molar-refractivity contribution in [2.45, 2.75) is 0 Å². The van der Waals surface area contributed by atoms with Gasteiger partial charge in [-0.25, -0.2) is 9.97 Å². The number of aliphatic hydroxyl groups excluding tert-OH is 2. The van der Waals surface area contributed by atoms with Crippen molar-refractivity contribution < 1.29 is 15.0 Å². The largest absolute Gasteiger partial charge is 0.395 e. The van der Waals surface area contributed by atoms with Crippen LogP contribution < -0.4 is 5.32 Å². The van der Waals surface area contributed by atoms with Gasteiger partial charge in [-0.1, -0.05) is 0 Å². The number of rotatable bonds is 6. The van der Waals surface area contributed by atoms with Gasteiger partial charge in [-0.2, -0.15) is 0 Å². The minimum Gasteiger partial charge on any atom is -0.395 e. The van der Waals surface area contributed by atoms with Crippen LogP contribution in [0.1, 0.15) is 10.5 Å². The SMILES string of the molecule is CNc1cnc(C(=O)N(CCO)CCO)cn1. The van der Waals surface area contributed by atoms with Gasteiger partial charge in [0, 0.05) is 20.1 Å². The van der Waals surface area contributed by atoms with Gasteiger partial charge < -0.3 is 20.4 Å². The Bertz CT molecular complexity index is 349. The first-order valence-corrected chi connectivity index (χ1v) is 5.23. The van der Waals surface area contributed by atoms with E-state index in [2.05, 4.69) is 15.3 Å². The number of nitrogens with one attached hydrogen (secondary N) is 1. The van der Waals surface area contributed by atoms with E-state index in [9.17, 15) is 4.79 Å². The van der Waals surface area contributed by atoms with E-state index in [4.69, 9.17) is 10.2 Å². The van der Waals surface area contributed by atoms with Crippen LogP contribution in [0.25, 0.3) is 0 Å². The topological polar surface area (TPSA) is 98.6 Å². The number of aliphatic hydroxyl groups is 2. The second kappa shape index (κ2) is 6.77. The van der Waals surface area contributed by atoms with Crippen molar-refractivity contribution in [2.24, 2.45) is 0 Å². The highest BCUT2D eigenvalue weighted by Crippen LogP contribution is 2.03. The molecule has 3 N–H and O–H groups in total. The molecule has 1 aromatic rings. The molecule has 0 aliphatic heterocycles. The fourth-order valence-corrected chi connectivity index (χ4v) is 1.29. The zero-order valence-corrected chi connectivity index (χ0v) is 9.63. The van der Waals surface area contributed by atoms with Gasteiger partial charge in [-0.05, 0) is 0 Å². The van der Waals surface area contributed by atoms with Crippen molar-refractivity contribution in [3.8, 4) is 0 Å². The molecule has 0 aromatic carbocycles. The standard InChI is InChI=1S/C10H16N4O3/c1-11-9-7-12-8(6-13-9)10(17)14(2-4-15)3-5-16/h6-7,15-16H,2-5H2,1H3,(H,11,13). The fourth-order valence-electron chi connectivity index (χ4n) is 1.29. The van der Waals surface area contributed by atoms with E-state index in [0.29, 0.717) is 5.82 Å². The molecule has 0 bridgehead atoms. The lowest BCUT2D eigenvalue weighted by atomic mass is 10.3. The molecule has 7 heteroatoms. The van der Waals surface area contributed by atoms with Crippen LogP contribution in [0.2, 0.25) is 0 Å². The molecule has 0 aliphatic carbocycles. The van der Waals surface area contributed by atoms with Crippen LogP contribution in [-0.4, -0.2) is 64.3 Å². The summed E-state index contributed by atoms with van der Waals surface area (Å²) in [5, 5.41) is 20.4. The number of hydrogen-bond acceptors (Lipinski definition) is 6. The van der Waals surface area contributed by atoms with Crippen molar-refractivity contribution in [3.63, 3.8) is 0 Å². The fraction of sp³-hybridized carbons (Fsp3) is 0.500. The van der Waals surface area contributed by atoms with Crippen LogP contribution in [0.3, 0.4) is 0 Å². The summed E-state index contributed by atoms with van der Waals surface area (Å²) in [7, 11) is 1.70. The van der Waals surface area contributed by atoms with Crippen molar-refractivity contribution >= 4 is 11.7 Å². The van der Waals surface area contributed by atoms with Gasteiger partial charge in [0.25, 0.3) is 5.91 Å². The summed E-state index contributed by atoms with van der Waals surface area (Å²) in [6, 6.07) is 0. The van der Waals surface area contributed by atoms with Gasteiger partial charge in [-0.3, -0.25) is 4.79 Å². The predicted octanol–water partition coefficient (Wildman–Crippen LogP) is -1.05. The minimum atomic E-state index is -0.358. The summed E-state index contributed by atoms with van der Waals surface area (Å²) in [4.78, 5) is 21.2. The number of anilines is 1. The molecule has 0 saturated heterocycles. The normalized spacial score (nSPS) is 10.1. The number of aromatic nitrogens is 2. The summed E-state index contributed by atoms with van der Waals surface area (Å²) < 4.78 is 0. The number of nitrogens with zero attached hydrogens (tertiary/aromatic N) is 3. The third-order valence-electron chi connectivity index (χ3n) is 2.15. The Morgan fingerprint density at radius 1 is 1.29 bits per heavy atom. The molecule has 0 unspecified atom stereocenters. The van der Waals surface area contributed by atoms with Crippen LogP contribution in [-0.2, 0) is 0 Å². The van der Waals surface area contributed by atoms with Gasteiger partial charge in [-0.15, -0.1) is 0 Å². The average Bonchev–Trinajstić information content (AvgIpc) is 2.38. The summed E-state index contributed by atoms with van der Waals surface area (Å²) >= 11 is 0. The smallest absolute Gasteiger partial charge is 0.274 e. The first kappa shape index (κ1) is 13.3. The molecule has 0 saturated carbocycles. The molecule has 7 nitrogen and oxygen atoms in total. The van der Waals surface area contributed by atoms with Crippen molar-refractivity contribution in [1.82, 2.24) is 14.9 Å². The first-order chi connectivity index (χ1) is 8.22. The lowest BCUT2D eigenvalue weighted by molar-refractivity contribution is 0.0678.